The monoisotopic (exact) mass is 466 g/mol. The molecule has 5 rings (SSSR count). The maximum absolute atomic E-state index is 14.3. The second-order valence-electron chi connectivity index (χ2n) is 7.26. The number of hydrogen-bond donors (Lipinski definition) is 3. The van der Waals surface area contributed by atoms with E-state index in [-0.39, 0.29) is 5.95 Å². The van der Waals surface area contributed by atoms with Crippen LogP contribution in [-0.4, -0.2) is 34.4 Å². The van der Waals surface area contributed by atoms with Crippen molar-refractivity contribution in [2.45, 2.75) is 0 Å². The van der Waals surface area contributed by atoms with E-state index in [9.17, 15) is 13.2 Å². The van der Waals surface area contributed by atoms with E-state index in [2.05, 4.69) is 30.8 Å². The van der Waals surface area contributed by atoms with Gasteiger partial charge in [-0.25, -0.2) is 18.2 Å². The van der Waals surface area contributed by atoms with Gasteiger partial charge < -0.3 is 20.1 Å². The molecule has 34 heavy (non-hydrogen) atoms. The molecule has 3 N–H and O–H groups in total. The van der Waals surface area contributed by atoms with Crippen LogP contribution in [0.2, 0.25) is 0 Å². The molecule has 2 aromatic heterocycles. The number of nitrogens with one attached hydrogen (secondary N) is 3. The predicted octanol–water partition coefficient (Wildman–Crippen LogP) is 5.43. The molecule has 0 saturated heterocycles. The lowest BCUT2D eigenvalue weighted by Crippen LogP contribution is -2.06. The Morgan fingerprint density at radius 2 is 1.62 bits per heavy atom. The third-order valence-electron chi connectivity index (χ3n) is 5.18. The van der Waals surface area contributed by atoms with Crippen LogP contribution >= 0.6 is 0 Å². The summed E-state index contributed by atoms with van der Waals surface area (Å²) in [5.74, 6) is -2.58. The van der Waals surface area contributed by atoms with E-state index in [1.807, 2.05) is 18.2 Å². The van der Waals surface area contributed by atoms with E-state index in [0.29, 0.717) is 40.0 Å². The first-order valence-corrected chi connectivity index (χ1v) is 10.0. The number of ether oxygens (including phenoxy) is 2. The largest absolute Gasteiger partial charge is 0.493 e. The highest BCUT2D eigenvalue weighted by atomic mass is 19.2. The number of anilines is 4. The molecule has 0 atom stereocenters. The Morgan fingerprint density at radius 1 is 0.853 bits per heavy atom. The van der Waals surface area contributed by atoms with Crippen LogP contribution in [0, 0.1) is 17.5 Å². The van der Waals surface area contributed by atoms with Crippen molar-refractivity contribution in [1.29, 1.82) is 0 Å². The van der Waals surface area contributed by atoms with Crippen LogP contribution in [0.25, 0.3) is 21.8 Å². The predicted molar refractivity (Wildman–Crippen MR) is 122 cm³/mol. The van der Waals surface area contributed by atoms with E-state index in [1.165, 1.54) is 14.2 Å². The molecular weight excluding hydrogens is 449 g/mol. The minimum absolute atomic E-state index is 0.157. The molecule has 0 radical (unpaired) electrons. The Morgan fingerprint density at radius 3 is 2.41 bits per heavy atom. The summed E-state index contributed by atoms with van der Waals surface area (Å²) >= 11 is 0. The van der Waals surface area contributed by atoms with E-state index in [4.69, 9.17) is 9.47 Å². The summed E-state index contributed by atoms with van der Waals surface area (Å²) in [6.07, 6.45) is 1.68. The fourth-order valence-corrected chi connectivity index (χ4v) is 3.52. The Kier molecular flexibility index (Phi) is 5.28. The van der Waals surface area contributed by atoms with Crippen molar-refractivity contribution >= 4 is 44.9 Å². The third kappa shape index (κ3) is 3.76. The number of aromatic nitrogens is 4. The van der Waals surface area contributed by atoms with Crippen LogP contribution in [0.1, 0.15) is 0 Å². The molecule has 0 aliphatic carbocycles. The van der Waals surface area contributed by atoms with E-state index < -0.39 is 23.1 Å². The van der Waals surface area contributed by atoms with Crippen molar-refractivity contribution in [1.82, 2.24) is 20.2 Å². The number of H-pyrrole nitrogens is 1. The first-order valence-electron chi connectivity index (χ1n) is 10.0. The van der Waals surface area contributed by atoms with Gasteiger partial charge in [0.1, 0.15) is 17.3 Å². The zero-order valence-corrected chi connectivity index (χ0v) is 17.9. The zero-order chi connectivity index (χ0) is 23.8. The summed E-state index contributed by atoms with van der Waals surface area (Å²) < 4.78 is 52.9. The summed E-state index contributed by atoms with van der Waals surface area (Å²) in [4.78, 5) is 8.73. The molecule has 0 aliphatic rings. The Hall–Kier alpha value is -4.54. The van der Waals surface area contributed by atoms with Gasteiger partial charge in [-0.15, -0.1) is 0 Å². The second-order valence-corrected chi connectivity index (χ2v) is 7.26. The van der Waals surface area contributed by atoms with E-state index in [1.54, 1.807) is 18.3 Å². The minimum atomic E-state index is -1.38. The lowest BCUT2D eigenvalue weighted by atomic mass is 10.2. The molecule has 5 aromatic rings. The fourth-order valence-electron chi connectivity index (χ4n) is 3.52. The molecule has 8 nitrogen and oxygen atoms in total. The number of nitrogens with zero attached hydrogens (tertiary/aromatic N) is 3. The smallest absolute Gasteiger partial charge is 0.229 e. The number of hydrogen-bond acceptors (Lipinski definition) is 7. The third-order valence-corrected chi connectivity index (χ3v) is 5.18. The number of methoxy groups -OCH3 is 2. The van der Waals surface area contributed by atoms with Gasteiger partial charge in [0, 0.05) is 22.5 Å². The van der Waals surface area contributed by atoms with Gasteiger partial charge in [0.25, 0.3) is 0 Å². The van der Waals surface area contributed by atoms with Gasteiger partial charge in [0.15, 0.2) is 23.1 Å². The number of aromatic amines is 1. The average molecular weight is 466 g/mol. The standard InChI is InChI=1S/C23H17F3N6O2/c1-33-18-8-13-17(9-19(18)34-2)29-23(30-21-15(25)5-4-14(24)20(21)26)31-22(13)28-12-3-6-16-11(7-12)10-27-32-16/h3-10H,1-2H3,(H,27,32)(H2,28,29,30,31). The second kappa shape index (κ2) is 8.43. The summed E-state index contributed by atoms with van der Waals surface area (Å²) in [5, 5.41) is 13.9. The maximum Gasteiger partial charge on any atom is 0.229 e. The summed E-state index contributed by atoms with van der Waals surface area (Å²) in [5.41, 5.74) is 1.21. The summed E-state index contributed by atoms with van der Waals surface area (Å²) in [7, 11) is 2.97. The molecule has 172 valence electrons. The van der Waals surface area contributed by atoms with Gasteiger partial charge in [0.2, 0.25) is 5.95 Å². The van der Waals surface area contributed by atoms with Crippen LogP contribution in [0.3, 0.4) is 0 Å². The SMILES string of the molecule is COc1cc2nc(Nc3c(F)ccc(F)c3F)nc(Nc3ccc4[nH]ncc4c3)c2cc1OC. The maximum atomic E-state index is 14.3. The highest BCUT2D eigenvalue weighted by Crippen LogP contribution is 2.36. The van der Waals surface area contributed by atoms with Gasteiger partial charge in [-0.1, -0.05) is 0 Å². The lowest BCUT2D eigenvalue weighted by molar-refractivity contribution is 0.356. The minimum Gasteiger partial charge on any atom is -0.493 e. The molecule has 0 bridgehead atoms. The van der Waals surface area contributed by atoms with Gasteiger partial charge in [0.05, 0.1) is 31.4 Å². The highest BCUT2D eigenvalue weighted by Gasteiger charge is 2.18. The first kappa shape index (κ1) is 21.3. The van der Waals surface area contributed by atoms with Crippen molar-refractivity contribution in [2.75, 3.05) is 24.9 Å². The van der Waals surface area contributed by atoms with Crippen LogP contribution in [0.4, 0.5) is 36.3 Å². The number of fused-ring (bicyclic) bond motifs is 2. The Labute approximate surface area is 190 Å². The molecule has 3 aromatic carbocycles. The van der Waals surface area contributed by atoms with Gasteiger partial charge in [-0.05, 0) is 36.4 Å². The molecule has 0 unspecified atom stereocenters. The van der Waals surface area contributed by atoms with Crippen molar-refractivity contribution in [3.63, 3.8) is 0 Å². The van der Waals surface area contributed by atoms with Crippen LogP contribution < -0.4 is 20.1 Å². The summed E-state index contributed by atoms with van der Waals surface area (Å²) in [6.45, 7) is 0. The van der Waals surface area contributed by atoms with Crippen molar-refractivity contribution < 1.29 is 22.6 Å². The molecule has 0 spiro atoms. The molecule has 0 fully saturated rings. The number of benzene rings is 3. The highest BCUT2D eigenvalue weighted by molar-refractivity contribution is 5.95. The van der Waals surface area contributed by atoms with E-state index >= 15 is 0 Å². The quantitative estimate of drug-likeness (QED) is 0.287. The van der Waals surface area contributed by atoms with Crippen LogP contribution in [-0.2, 0) is 0 Å². The Balaban J connectivity index is 1.65. The average Bonchev–Trinajstić information content (AvgIpc) is 3.31. The van der Waals surface area contributed by atoms with Crippen molar-refractivity contribution in [2.24, 2.45) is 0 Å². The molecular formula is C23H17F3N6O2. The van der Waals surface area contributed by atoms with Gasteiger partial charge in [-0.3, -0.25) is 5.10 Å². The fraction of sp³-hybridized carbons (Fsp3) is 0.0870. The first-order chi connectivity index (χ1) is 16.5. The topological polar surface area (TPSA) is 97.0 Å². The van der Waals surface area contributed by atoms with Crippen molar-refractivity contribution in [3.05, 3.63) is 66.1 Å². The van der Waals surface area contributed by atoms with Crippen LogP contribution in [0.5, 0.6) is 11.5 Å². The number of rotatable bonds is 6. The zero-order valence-electron chi connectivity index (χ0n) is 17.9. The van der Waals surface area contributed by atoms with Gasteiger partial charge in [-0.2, -0.15) is 10.1 Å². The molecule has 0 amide bonds. The summed E-state index contributed by atoms with van der Waals surface area (Å²) in [6, 6.07) is 10.3. The van der Waals surface area contributed by atoms with E-state index in [0.717, 1.165) is 17.0 Å². The van der Waals surface area contributed by atoms with Crippen molar-refractivity contribution in [3.8, 4) is 11.5 Å². The lowest BCUT2D eigenvalue weighted by Gasteiger charge is -2.15. The number of halogens is 3. The molecule has 2 heterocycles. The molecule has 0 aliphatic heterocycles. The normalized spacial score (nSPS) is 11.1. The van der Waals surface area contributed by atoms with Crippen LogP contribution in [0.15, 0.2) is 48.7 Å². The van der Waals surface area contributed by atoms with Gasteiger partial charge >= 0.3 is 0 Å². The molecule has 11 heteroatoms. The molecule has 0 saturated carbocycles. The Bertz CT molecular complexity index is 1540.